The fourth-order valence-corrected chi connectivity index (χ4v) is 3.51. The van der Waals surface area contributed by atoms with Crippen LogP contribution in [0.15, 0.2) is 18.2 Å². The van der Waals surface area contributed by atoms with Gasteiger partial charge in [-0.2, -0.15) is 0 Å². The van der Waals surface area contributed by atoms with Crippen LogP contribution < -0.4 is 10.2 Å². The number of nitrogens with zero attached hydrogens (tertiary/aromatic N) is 3. The van der Waals surface area contributed by atoms with Gasteiger partial charge in [-0.15, -0.1) is 0 Å². The summed E-state index contributed by atoms with van der Waals surface area (Å²) in [7, 11) is 0. The molecule has 0 unspecified atom stereocenters. The minimum absolute atomic E-state index is 0.601. The van der Waals surface area contributed by atoms with Crippen LogP contribution in [0.3, 0.4) is 0 Å². The van der Waals surface area contributed by atoms with E-state index in [0.717, 1.165) is 35.6 Å². The standard InChI is InChI=1S/C20H30N4/c1-5-15(3)21-17-7-6-11-24(12-10-17)20-22-16(4)18-9-8-14(2)13-19(18)23-20/h8-9,13,15,17,21H,5-7,10-12H2,1-4H3/t15-,17-/m1/s1. The van der Waals surface area contributed by atoms with E-state index >= 15 is 0 Å². The Bertz CT molecular complexity index is 697. The molecule has 0 radical (unpaired) electrons. The quantitative estimate of drug-likeness (QED) is 0.922. The molecule has 4 nitrogen and oxygen atoms in total. The molecule has 1 aliphatic heterocycles. The Kier molecular flexibility index (Phi) is 5.34. The summed E-state index contributed by atoms with van der Waals surface area (Å²) in [4.78, 5) is 12.0. The summed E-state index contributed by atoms with van der Waals surface area (Å²) < 4.78 is 0. The van der Waals surface area contributed by atoms with Gasteiger partial charge < -0.3 is 10.2 Å². The zero-order valence-corrected chi connectivity index (χ0v) is 15.5. The molecule has 0 aliphatic carbocycles. The van der Waals surface area contributed by atoms with E-state index in [4.69, 9.17) is 9.97 Å². The zero-order chi connectivity index (χ0) is 17.1. The average molecular weight is 326 g/mol. The molecule has 1 N–H and O–H groups in total. The summed E-state index contributed by atoms with van der Waals surface area (Å²) in [6, 6.07) is 7.66. The second-order valence-electron chi connectivity index (χ2n) is 7.22. The third-order valence-electron chi connectivity index (χ3n) is 5.17. The third-order valence-corrected chi connectivity index (χ3v) is 5.17. The fourth-order valence-electron chi connectivity index (χ4n) is 3.51. The highest BCUT2D eigenvalue weighted by atomic mass is 15.3. The summed E-state index contributed by atoms with van der Waals surface area (Å²) in [5.74, 6) is 0.898. The fraction of sp³-hybridized carbons (Fsp3) is 0.600. The molecule has 24 heavy (non-hydrogen) atoms. The van der Waals surface area contributed by atoms with E-state index in [1.54, 1.807) is 0 Å². The first kappa shape index (κ1) is 17.2. The summed E-state index contributed by atoms with van der Waals surface area (Å²) in [6.45, 7) is 10.8. The van der Waals surface area contributed by atoms with E-state index in [-0.39, 0.29) is 0 Å². The van der Waals surface area contributed by atoms with Gasteiger partial charge in [-0.25, -0.2) is 9.97 Å². The molecule has 1 fully saturated rings. The minimum Gasteiger partial charge on any atom is -0.341 e. The van der Waals surface area contributed by atoms with Crippen LogP contribution in [0.5, 0.6) is 0 Å². The van der Waals surface area contributed by atoms with Gasteiger partial charge >= 0.3 is 0 Å². The predicted octanol–water partition coefficient (Wildman–Crippen LogP) is 3.99. The van der Waals surface area contributed by atoms with Gasteiger partial charge in [0, 0.05) is 30.6 Å². The molecule has 1 aromatic heterocycles. The molecular weight excluding hydrogens is 296 g/mol. The second-order valence-corrected chi connectivity index (χ2v) is 7.22. The lowest BCUT2D eigenvalue weighted by Gasteiger charge is -2.23. The summed E-state index contributed by atoms with van der Waals surface area (Å²) in [5.41, 5.74) is 3.39. The maximum absolute atomic E-state index is 4.86. The molecule has 2 aromatic rings. The molecule has 0 bridgehead atoms. The molecular formula is C20H30N4. The Morgan fingerprint density at radius 2 is 2.04 bits per heavy atom. The molecule has 1 saturated heterocycles. The number of aromatic nitrogens is 2. The molecule has 130 valence electrons. The van der Waals surface area contributed by atoms with Gasteiger partial charge in [0.05, 0.1) is 11.2 Å². The van der Waals surface area contributed by atoms with E-state index in [1.807, 2.05) is 0 Å². The third kappa shape index (κ3) is 3.86. The van der Waals surface area contributed by atoms with Gasteiger partial charge in [0.15, 0.2) is 0 Å². The van der Waals surface area contributed by atoms with Crippen molar-refractivity contribution in [3.8, 4) is 0 Å². The van der Waals surface area contributed by atoms with Crippen molar-refractivity contribution in [2.45, 2.75) is 65.5 Å². The van der Waals surface area contributed by atoms with E-state index < -0.39 is 0 Å². The summed E-state index contributed by atoms with van der Waals surface area (Å²) in [6.07, 6.45) is 4.79. The van der Waals surface area contributed by atoms with Crippen molar-refractivity contribution in [3.05, 3.63) is 29.5 Å². The van der Waals surface area contributed by atoms with E-state index in [0.29, 0.717) is 12.1 Å². The van der Waals surface area contributed by atoms with Gasteiger partial charge in [-0.05, 0) is 58.1 Å². The predicted molar refractivity (Wildman–Crippen MR) is 102 cm³/mol. The smallest absolute Gasteiger partial charge is 0.226 e. The first-order valence-corrected chi connectivity index (χ1v) is 9.33. The molecule has 2 atom stereocenters. The average Bonchev–Trinajstić information content (AvgIpc) is 2.79. The highest BCUT2D eigenvalue weighted by molar-refractivity contribution is 5.82. The van der Waals surface area contributed by atoms with Gasteiger partial charge in [0.2, 0.25) is 5.95 Å². The molecule has 0 spiro atoms. The molecule has 4 heteroatoms. The number of anilines is 1. The van der Waals surface area contributed by atoms with Crippen LogP contribution in [-0.2, 0) is 0 Å². The number of rotatable bonds is 4. The highest BCUT2D eigenvalue weighted by Crippen LogP contribution is 2.22. The van der Waals surface area contributed by atoms with Crippen LogP contribution in [0.1, 0.15) is 50.8 Å². The van der Waals surface area contributed by atoms with Gasteiger partial charge in [-0.3, -0.25) is 0 Å². The number of hydrogen-bond donors (Lipinski definition) is 1. The normalized spacial score (nSPS) is 20.2. The van der Waals surface area contributed by atoms with Crippen molar-refractivity contribution in [1.82, 2.24) is 15.3 Å². The van der Waals surface area contributed by atoms with E-state index in [1.165, 1.54) is 31.2 Å². The first-order valence-electron chi connectivity index (χ1n) is 9.33. The van der Waals surface area contributed by atoms with Crippen LogP contribution in [-0.4, -0.2) is 35.1 Å². The van der Waals surface area contributed by atoms with Crippen molar-refractivity contribution in [3.63, 3.8) is 0 Å². The molecule has 0 saturated carbocycles. The van der Waals surface area contributed by atoms with Crippen molar-refractivity contribution in [2.24, 2.45) is 0 Å². The number of benzene rings is 1. The van der Waals surface area contributed by atoms with Crippen LogP contribution >= 0.6 is 0 Å². The Morgan fingerprint density at radius 3 is 2.83 bits per heavy atom. The van der Waals surface area contributed by atoms with Crippen LogP contribution in [0.4, 0.5) is 5.95 Å². The lowest BCUT2D eigenvalue weighted by molar-refractivity contribution is 0.408. The molecule has 2 heterocycles. The number of hydrogen-bond acceptors (Lipinski definition) is 4. The topological polar surface area (TPSA) is 41.0 Å². The van der Waals surface area contributed by atoms with Crippen molar-refractivity contribution < 1.29 is 0 Å². The summed E-state index contributed by atoms with van der Waals surface area (Å²) in [5, 5.41) is 4.92. The Balaban J connectivity index is 1.78. The molecule has 1 aliphatic rings. The Labute approximate surface area is 145 Å². The van der Waals surface area contributed by atoms with Crippen molar-refractivity contribution >= 4 is 16.9 Å². The second kappa shape index (κ2) is 7.47. The van der Waals surface area contributed by atoms with Crippen LogP contribution in [0.25, 0.3) is 10.9 Å². The van der Waals surface area contributed by atoms with E-state index in [2.05, 4.69) is 56.1 Å². The Hall–Kier alpha value is -1.68. The lowest BCUT2D eigenvalue weighted by Crippen LogP contribution is -2.37. The number of fused-ring (bicyclic) bond motifs is 1. The number of nitrogens with one attached hydrogen (secondary N) is 1. The SMILES string of the molecule is CC[C@@H](C)N[C@@H]1CCCN(c2nc(C)c3ccc(C)cc3n2)CC1. The monoisotopic (exact) mass is 326 g/mol. The lowest BCUT2D eigenvalue weighted by atomic mass is 10.1. The first-order chi connectivity index (χ1) is 11.6. The zero-order valence-electron chi connectivity index (χ0n) is 15.5. The molecule has 3 rings (SSSR count). The Morgan fingerprint density at radius 1 is 1.21 bits per heavy atom. The maximum atomic E-state index is 4.86. The van der Waals surface area contributed by atoms with Gasteiger partial charge in [0.1, 0.15) is 0 Å². The van der Waals surface area contributed by atoms with Gasteiger partial charge in [-0.1, -0.05) is 19.1 Å². The van der Waals surface area contributed by atoms with Gasteiger partial charge in [0.25, 0.3) is 0 Å². The van der Waals surface area contributed by atoms with Crippen molar-refractivity contribution in [2.75, 3.05) is 18.0 Å². The van der Waals surface area contributed by atoms with E-state index in [9.17, 15) is 0 Å². The van der Waals surface area contributed by atoms with Crippen LogP contribution in [0, 0.1) is 13.8 Å². The minimum atomic E-state index is 0.601. The largest absolute Gasteiger partial charge is 0.341 e. The van der Waals surface area contributed by atoms with Crippen molar-refractivity contribution in [1.29, 1.82) is 0 Å². The van der Waals surface area contributed by atoms with Crippen LogP contribution in [0.2, 0.25) is 0 Å². The maximum Gasteiger partial charge on any atom is 0.226 e. The summed E-state index contributed by atoms with van der Waals surface area (Å²) >= 11 is 0. The highest BCUT2D eigenvalue weighted by Gasteiger charge is 2.20. The molecule has 1 aromatic carbocycles. The molecule has 0 amide bonds. The number of aryl methyl sites for hydroxylation is 2.